The Hall–Kier alpha value is -3.11. The van der Waals surface area contributed by atoms with Crippen LogP contribution in [0.15, 0.2) is 64.5 Å². The molecule has 1 unspecified atom stereocenters. The van der Waals surface area contributed by atoms with Crippen molar-refractivity contribution in [3.05, 3.63) is 71.9 Å². The second-order valence-corrected chi connectivity index (χ2v) is 10.2. The number of amides is 2. The molecule has 9 nitrogen and oxygen atoms in total. The number of aromatic nitrogens is 2. The van der Waals surface area contributed by atoms with Gasteiger partial charge in [-0.25, -0.2) is 18.2 Å². The highest BCUT2D eigenvalue weighted by Crippen LogP contribution is 2.23. The first-order valence-electron chi connectivity index (χ1n) is 11.4. The fourth-order valence-corrected chi connectivity index (χ4v) is 5.56. The molecule has 0 spiro atoms. The number of hydrogen-bond acceptors (Lipinski definition) is 6. The summed E-state index contributed by atoms with van der Waals surface area (Å²) in [7, 11) is -3.72. The maximum Gasteiger partial charge on any atom is 0.318 e. The van der Waals surface area contributed by atoms with Gasteiger partial charge in [-0.2, -0.15) is 0 Å². The molecule has 0 aliphatic carbocycles. The summed E-state index contributed by atoms with van der Waals surface area (Å²) in [6, 6.07) is 12.3. The van der Waals surface area contributed by atoms with Gasteiger partial charge in [0.25, 0.3) is 0 Å². The molecule has 3 aromatic rings. The van der Waals surface area contributed by atoms with Crippen LogP contribution >= 0.6 is 0 Å². The molecule has 1 aromatic carbocycles. The molecular weight excluding hydrogens is 456 g/mol. The van der Waals surface area contributed by atoms with Gasteiger partial charge in [0, 0.05) is 13.2 Å². The van der Waals surface area contributed by atoms with Crippen molar-refractivity contribution in [2.24, 2.45) is 0 Å². The molecule has 1 fully saturated rings. The Morgan fingerprint density at radius 2 is 2.03 bits per heavy atom. The molecule has 1 N–H and O–H groups in total. The van der Waals surface area contributed by atoms with Crippen molar-refractivity contribution < 1.29 is 22.4 Å². The maximum absolute atomic E-state index is 13.4. The van der Waals surface area contributed by atoms with Gasteiger partial charge in [-0.15, -0.1) is 0 Å². The minimum atomic E-state index is -3.72. The van der Waals surface area contributed by atoms with Crippen LogP contribution in [0, 0.1) is 0 Å². The van der Waals surface area contributed by atoms with Gasteiger partial charge in [0.15, 0.2) is 0 Å². The number of ether oxygens (including phenoxy) is 1. The average Bonchev–Trinajstić information content (AvgIpc) is 3.58. The molecule has 182 valence electrons. The van der Waals surface area contributed by atoms with E-state index in [2.05, 4.69) is 10.3 Å². The van der Waals surface area contributed by atoms with Crippen LogP contribution in [-0.2, 0) is 40.0 Å². The van der Waals surface area contributed by atoms with E-state index in [1.54, 1.807) is 46.2 Å². The lowest BCUT2D eigenvalue weighted by atomic mass is 10.2. The van der Waals surface area contributed by atoms with Gasteiger partial charge >= 0.3 is 6.03 Å². The molecule has 1 aliphatic heterocycles. The quantitative estimate of drug-likeness (QED) is 0.471. The van der Waals surface area contributed by atoms with Crippen LogP contribution in [0.25, 0.3) is 0 Å². The van der Waals surface area contributed by atoms with E-state index in [1.807, 2.05) is 25.1 Å². The molecular formula is C24H30N4O5S. The minimum absolute atomic E-state index is 0.00398. The predicted octanol–water partition coefficient (Wildman–Crippen LogP) is 3.36. The Balaban J connectivity index is 1.65. The maximum atomic E-state index is 13.4. The number of carbonyl (C=O) groups is 1. The van der Waals surface area contributed by atoms with E-state index in [0.29, 0.717) is 36.7 Å². The van der Waals surface area contributed by atoms with E-state index in [9.17, 15) is 13.2 Å². The number of furan rings is 1. The van der Waals surface area contributed by atoms with Crippen molar-refractivity contribution in [2.45, 2.75) is 56.4 Å². The Morgan fingerprint density at radius 3 is 2.71 bits per heavy atom. The zero-order valence-corrected chi connectivity index (χ0v) is 20.0. The Labute approximate surface area is 199 Å². The number of imidazole rings is 1. The van der Waals surface area contributed by atoms with E-state index < -0.39 is 9.84 Å². The predicted molar refractivity (Wildman–Crippen MR) is 126 cm³/mol. The third-order valence-electron chi connectivity index (χ3n) is 5.68. The zero-order valence-electron chi connectivity index (χ0n) is 19.2. The summed E-state index contributed by atoms with van der Waals surface area (Å²) < 4.78 is 39.6. The van der Waals surface area contributed by atoms with E-state index in [0.717, 1.165) is 12.8 Å². The molecule has 1 saturated heterocycles. The fraction of sp³-hybridized carbons (Fsp3) is 0.417. The number of carbonyl (C=O) groups excluding carboxylic acids is 1. The number of nitrogens with zero attached hydrogens (tertiary/aromatic N) is 3. The number of nitrogens with one attached hydrogen (secondary N) is 1. The smallest absolute Gasteiger partial charge is 0.318 e. The molecule has 2 amide bonds. The number of benzene rings is 1. The molecule has 1 atom stereocenters. The summed E-state index contributed by atoms with van der Waals surface area (Å²) in [5, 5.41) is 2.81. The van der Waals surface area contributed by atoms with Crippen molar-refractivity contribution in [1.82, 2.24) is 19.8 Å². The van der Waals surface area contributed by atoms with E-state index >= 15 is 0 Å². The molecule has 3 heterocycles. The molecule has 2 aromatic heterocycles. The van der Waals surface area contributed by atoms with Crippen molar-refractivity contribution in [1.29, 1.82) is 0 Å². The third kappa shape index (κ3) is 5.87. The normalized spacial score (nSPS) is 16.0. The summed E-state index contributed by atoms with van der Waals surface area (Å²) in [6.07, 6.45) is 4.79. The minimum Gasteiger partial charge on any atom is -0.467 e. The molecule has 0 radical (unpaired) electrons. The summed E-state index contributed by atoms with van der Waals surface area (Å²) in [5.74, 6) is 0.482. The average molecular weight is 487 g/mol. The van der Waals surface area contributed by atoms with Crippen molar-refractivity contribution in [3.63, 3.8) is 0 Å². The van der Waals surface area contributed by atoms with E-state index in [4.69, 9.17) is 9.15 Å². The third-order valence-corrected chi connectivity index (χ3v) is 7.28. The van der Waals surface area contributed by atoms with Crippen LogP contribution in [0.4, 0.5) is 4.79 Å². The van der Waals surface area contributed by atoms with Gasteiger partial charge in [0.2, 0.25) is 15.0 Å². The highest BCUT2D eigenvalue weighted by molar-refractivity contribution is 7.90. The second-order valence-electron chi connectivity index (χ2n) is 8.29. The molecule has 0 bridgehead atoms. The number of hydrogen-bond donors (Lipinski definition) is 1. The first-order chi connectivity index (χ1) is 16.5. The SMILES string of the molecule is CCNC(=O)N(Cc1ccco1)Cc1cnc(S(=O)(=O)Cc2ccccc2)n1CC1CCCO1. The van der Waals surface area contributed by atoms with Crippen LogP contribution in [0.3, 0.4) is 0 Å². The molecule has 10 heteroatoms. The summed E-state index contributed by atoms with van der Waals surface area (Å²) in [5.41, 5.74) is 1.32. The van der Waals surface area contributed by atoms with Gasteiger partial charge in [0.1, 0.15) is 5.76 Å². The molecule has 0 saturated carbocycles. The molecule has 1 aliphatic rings. The van der Waals surface area contributed by atoms with Crippen LogP contribution in [-0.4, -0.2) is 48.2 Å². The first kappa shape index (κ1) is 24.0. The number of sulfone groups is 1. The first-order valence-corrected chi connectivity index (χ1v) is 13.1. The lowest BCUT2D eigenvalue weighted by molar-refractivity contribution is 0.0934. The number of rotatable bonds is 10. The topological polar surface area (TPSA) is 107 Å². The van der Waals surface area contributed by atoms with Crippen molar-refractivity contribution in [3.8, 4) is 0 Å². The van der Waals surface area contributed by atoms with Crippen molar-refractivity contribution >= 4 is 15.9 Å². The van der Waals surface area contributed by atoms with E-state index in [1.165, 1.54) is 0 Å². The highest BCUT2D eigenvalue weighted by atomic mass is 32.2. The van der Waals surface area contributed by atoms with Crippen LogP contribution in [0.1, 0.15) is 36.8 Å². The van der Waals surface area contributed by atoms with Crippen LogP contribution in [0.2, 0.25) is 0 Å². The summed E-state index contributed by atoms with van der Waals surface area (Å²) in [6.45, 7) is 3.76. The van der Waals surface area contributed by atoms with Crippen LogP contribution < -0.4 is 5.32 Å². The van der Waals surface area contributed by atoms with Gasteiger partial charge < -0.3 is 23.9 Å². The Kier molecular flexibility index (Phi) is 7.69. The summed E-state index contributed by atoms with van der Waals surface area (Å²) >= 11 is 0. The van der Waals surface area contributed by atoms with Crippen molar-refractivity contribution in [2.75, 3.05) is 13.2 Å². The van der Waals surface area contributed by atoms with Gasteiger partial charge in [0.05, 0.1) is 49.6 Å². The number of urea groups is 1. The highest BCUT2D eigenvalue weighted by Gasteiger charge is 2.28. The van der Waals surface area contributed by atoms with Gasteiger partial charge in [-0.1, -0.05) is 30.3 Å². The molecule has 34 heavy (non-hydrogen) atoms. The van der Waals surface area contributed by atoms with Gasteiger partial charge in [-0.3, -0.25) is 0 Å². The lowest BCUT2D eigenvalue weighted by Crippen LogP contribution is -2.39. The monoisotopic (exact) mass is 486 g/mol. The molecule has 4 rings (SSSR count). The fourth-order valence-electron chi connectivity index (χ4n) is 4.06. The lowest BCUT2D eigenvalue weighted by Gasteiger charge is -2.23. The largest absolute Gasteiger partial charge is 0.467 e. The standard InChI is InChI=1S/C24H30N4O5S/c1-2-25-23(29)27(16-21-10-6-12-32-21)15-20-14-26-24(28(20)17-22-11-7-13-33-22)34(30,31)18-19-8-4-3-5-9-19/h3-6,8-10,12,14,22H,2,7,11,13,15-18H2,1H3,(H,25,29). The van der Waals surface area contributed by atoms with Crippen LogP contribution in [0.5, 0.6) is 0 Å². The summed E-state index contributed by atoms with van der Waals surface area (Å²) in [4.78, 5) is 18.7. The Bertz CT molecular complexity index is 1170. The van der Waals surface area contributed by atoms with Gasteiger partial charge in [-0.05, 0) is 37.5 Å². The Morgan fingerprint density at radius 1 is 1.21 bits per heavy atom. The van der Waals surface area contributed by atoms with E-state index in [-0.39, 0.29) is 36.1 Å². The second kappa shape index (κ2) is 10.9. The zero-order chi connectivity index (χ0) is 24.0.